The minimum atomic E-state index is -0.568. The number of benzene rings is 1. The van der Waals surface area contributed by atoms with Crippen LogP contribution in [0, 0.1) is 12.0 Å². The Morgan fingerprint density at radius 3 is 2.76 bits per heavy atom. The van der Waals surface area contributed by atoms with Crippen LogP contribution in [0.15, 0.2) is 24.3 Å². The third kappa shape index (κ3) is 2.46. The smallest absolute Gasteiger partial charge is 0.419 e. The fourth-order valence-electron chi connectivity index (χ4n) is 1.51. The van der Waals surface area contributed by atoms with Crippen LogP contribution in [0.1, 0.15) is 20.8 Å². The molecule has 2 aromatic rings. The van der Waals surface area contributed by atoms with Crippen LogP contribution >= 0.6 is 0 Å². The van der Waals surface area contributed by atoms with Crippen molar-refractivity contribution >= 4 is 17.0 Å². The monoisotopic (exact) mass is 234 g/mol. The number of halogens is 1. The molecule has 0 N–H and O–H groups in total. The molecule has 89 valence electrons. The van der Waals surface area contributed by atoms with Gasteiger partial charge in [0.15, 0.2) is 0 Å². The van der Waals surface area contributed by atoms with Crippen LogP contribution in [0.3, 0.4) is 0 Å². The molecule has 0 saturated carbocycles. The third-order valence-electron chi connectivity index (χ3n) is 2.16. The summed E-state index contributed by atoms with van der Waals surface area (Å²) in [6.07, 6.45) is 2.22. The molecule has 2 rings (SSSR count). The lowest BCUT2D eigenvalue weighted by atomic mass is 10.2. The Morgan fingerprint density at radius 1 is 1.41 bits per heavy atom. The van der Waals surface area contributed by atoms with Crippen molar-refractivity contribution in [2.75, 3.05) is 0 Å². The van der Waals surface area contributed by atoms with Gasteiger partial charge in [0.25, 0.3) is 0 Å². The van der Waals surface area contributed by atoms with Crippen molar-refractivity contribution in [3.8, 4) is 0 Å². The Morgan fingerprint density at radius 2 is 2.12 bits per heavy atom. The van der Waals surface area contributed by atoms with E-state index in [1.54, 1.807) is 26.8 Å². The lowest BCUT2D eigenvalue weighted by molar-refractivity contribution is 0.0543. The molecule has 0 aliphatic carbocycles. The first kappa shape index (κ1) is 11.6. The van der Waals surface area contributed by atoms with Crippen molar-refractivity contribution in [3.63, 3.8) is 0 Å². The number of ether oxygens (including phenoxy) is 1. The number of aromatic nitrogens is 1. The molecular formula is C13H13FNO2. The van der Waals surface area contributed by atoms with E-state index in [0.717, 1.165) is 0 Å². The van der Waals surface area contributed by atoms with E-state index >= 15 is 0 Å². The number of nitrogens with zero attached hydrogens (tertiary/aromatic N) is 1. The lowest BCUT2D eigenvalue weighted by Crippen LogP contribution is -2.26. The highest BCUT2D eigenvalue weighted by molar-refractivity contribution is 5.89. The Kier molecular flexibility index (Phi) is 2.65. The Balaban J connectivity index is 2.40. The molecule has 1 radical (unpaired) electrons. The number of carbonyl (C=O) groups excluding carboxylic acids is 1. The second-order valence-corrected chi connectivity index (χ2v) is 4.79. The van der Waals surface area contributed by atoms with E-state index in [1.165, 1.54) is 22.8 Å². The van der Waals surface area contributed by atoms with Gasteiger partial charge in [0.05, 0.1) is 11.7 Å². The average molecular weight is 234 g/mol. The van der Waals surface area contributed by atoms with Crippen LogP contribution in [0.4, 0.5) is 9.18 Å². The van der Waals surface area contributed by atoms with Crippen molar-refractivity contribution < 1.29 is 13.9 Å². The largest absolute Gasteiger partial charge is 0.443 e. The van der Waals surface area contributed by atoms with Crippen molar-refractivity contribution in [1.82, 2.24) is 4.57 Å². The quantitative estimate of drug-likeness (QED) is 0.699. The molecule has 1 aromatic heterocycles. The van der Waals surface area contributed by atoms with E-state index in [1.807, 2.05) is 0 Å². The van der Waals surface area contributed by atoms with E-state index in [-0.39, 0.29) is 5.82 Å². The number of carbonyl (C=O) groups is 1. The zero-order valence-corrected chi connectivity index (χ0v) is 9.95. The first-order chi connectivity index (χ1) is 7.87. The molecule has 3 nitrogen and oxygen atoms in total. The zero-order valence-electron chi connectivity index (χ0n) is 9.95. The second-order valence-electron chi connectivity index (χ2n) is 4.79. The van der Waals surface area contributed by atoms with Crippen LogP contribution in [-0.2, 0) is 4.74 Å². The third-order valence-corrected chi connectivity index (χ3v) is 2.16. The summed E-state index contributed by atoms with van der Waals surface area (Å²) in [5.41, 5.74) is 0.0160. The highest BCUT2D eigenvalue weighted by Crippen LogP contribution is 2.18. The lowest BCUT2D eigenvalue weighted by Gasteiger charge is -2.19. The van der Waals surface area contributed by atoms with E-state index in [2.05, 4.69) is 6.20 Å². The van der Waals surface area contributed by atoms with E-state index in [0.29, 0.717) is 10.9 Å². The van der Waals surface area contributed by atoms with Crippen LogP contribution in [0.2, 0.25) is 0 Å². The second kappa shape index (κ2) is 3.87. The standard InChI is InChI=1S/C13H13FNO2/c1-13(2,3)17-12(16)15-7-6-9-8-10(14)4-5-11(9)15/h4-6,8H,1-3H3. The normalized spacial score (nSPS) is 11.8. The predicted octanol–water partition coefficient (Wildman–Crippen LogP) is 3.36. The maximum absolute atomic E-state index is 13.0. The fourth-order valence-corrected chi connectivity index (χ4v) is 1.51. The average Bonchev–Trinajstić information content (AvgIpc) is 2.57. The maximum Gasteiger partial charge on any atom is 0.419 e. The van der Waals surface area contributed by atoms with Gasteiger partial charge in [-0.25, -0.2) is 13.8 Å². The summed E-state index contributed by atoms with van der Waals surface area (Å²) in [6.45, 7) is 5.36. The van der Waals surface area contributed by atoms with Crippen molar-refractivity contribution in [3.05, 3.63) is 36.3 Å². The van der Waals surface area contributed by atoms with E-state index < -0.39 is 11.7 Å². The molecule has 1 heterocycles. The summed E-state index contributed by atoms with van der Waals surface area (Å²) >= 11 is 0. The van der Waals surface area contributed by atoms with Gasteiger partial charge in [-0.15, -0.1) is 0 Å². The van der Waals surface area contributed by atoms with Gasteiger partial charge in [0.1, 0.15) is 11.4 Å². The van der Waals surface area contributed by atoms with Crippen LogP contribution in [-0.4, -0.2) is 16.3 Å². The highest BCUT2D eigenvalue weighted by Gasteiger charge is 2.19. The molecular weight excluding hydrogens is 221 g/mol. The van der Waals surface area contributed by atoms with Gasteiger partial charge < -0.3 is 4.74 Å². The minimum Gasteiger partial charge on any atom is -0.443 e. The maximum atomic E-state index is 13.0. The number of rotatable bonds is 0. The van der Waals surface area contributed by atoms with Gasteiger partial charge in [0, 0.05) is 5.39 Å². The summed E-state index contributed by atoms with van der Waals surface area (Å²) in [6, 6.07) is 5.75. The van der Waals surface area contributed by atoms with Gasteiger partial charge in [-0.1, -0.05) is 0 Å². The summed E-state index contributed by atoms with van der Waals surface area (Å²) in [5, 5.41) is 0.621. The van der Waals surface area contributed by atoms with E-state index in [4.69, 9.17) is 4.74 Å². The molecule has 0 unspecified atom stereocenters. The number of hydrogen-bond acceptors (Lipinski definition) is 2. The van der Waals surface area contributed by atoms with Crippen molar-refractivity contribution in [2.45, 2.75) is 26.4 Å². The molecule has 0 spiro atoms. The topological polar surface area (TPSA) is 31.2 Å². The SMILES string of the molecule is CC(C)(C)OC(=O)n1[c]cc2cc(F)ccc21. The highest BCUT2D eigenvalue weighted by atomic mass is 19.1. The summed E-state index contributed by atoms with van der Waals surface area (Å²) < 4.78 is 19.4. The van der Waals surface area contributed by atoms with Crippen LogP contribution in [0.25, 0.3) is 10.9 Å². The Labute approximate surface area is 98.8 Å². The predicted molar refractivity (Wildman–Crippen MR) is 62.4 cm³/mol. The van der Waals surface area contributed by atoms with Gasteiger partial charge in [-0.3, -0.25) is 0 Å². The Bertz CT molecular complexity index is 566. The van der Waals surface area contributed by atoms with E-state index in [9.17, 15) is 9.18 Å². The first-order valence-corrected chi connectivity index (χ1v) is 5.29. The molecule has 17 heavy (non-hydrogen) atoms. The molecule has 0 saturated heterocycles. The van der Waals surface area contributed by atoms with Crippen molar-refractivity contribution in [2.24, 2.45) is 0 Å². The molecule has 4 heteroatoms. The van der Waals surface area contributed by atoms with Gasteiger partial charge in [-0.2, -0.15) is 0 Å². The summed E-state index contributed by atoms with van der Waals surface area (Å²) in [4.78, 5) is 11.8. The zero-order chi connectivity index (χ0) is 12.6. The molecule has 0 aliphatic rings. The molecule has 0 amide bonds. The Hall–Kier alpha value is -1.84. The molecule has 0 fully saturated rings. The summed E-state index contributed by atoms with van der Waals surface area (Å²) in [7, 11) is 0. The molecule has 0 aliphatic heterocycles. The number of fused-ring (bicyclic) bond motifs is 1. The van der Waals surface area contributed by atoms with Crippen molar-refractivity contribution in [1.29, 1.82) is 0 Å². The van der Waals surface area contributed by atoms with Gasteiger partial charge >= 0.3 is 6.09 Å². The van der Waals surface area contributed by atoms with Crippen LogP contribution < -0.4 is 0 Å². The van der Waals surface area contributed by atoms with Gasteiger partial charge in [-0.05, 0) is 45.0 Å². The fraction of sp³-hybridized carbons (Fsp3) is 0.308. The first-order valence-electron chi connectivity index (χ1n) is 5.29. The minimum absolute atomic E-state index is 0.340. The molecule has 0 bridgehead atoms. The van der Waals surface area contributed by atoms with Crippen LogP contribution in [0.5, 0.6) is 0 Å². The number of hydrogen-bond donors (Lipinski definition) is 0. The summed E-state index contributed by atoms with van der Waals surface area (Å²) in [5.74, 6) is -0.340. The molecule has 1 aromatic carbocycles. The molecule has 0 atom stereocenters. The van der Waals surface area contributed by atoms with Gasteiger partial charge in [0.2, 0.25) is 0 Å².